The molecule has 3 heteroatoms. The van der Waals surface area contributed by atoms with E-state index in [2.05, 4.69) is 10.6 Å². The Morgan fingerprint density at radius 3 is 2.67 bits per heavy atom. The van der Waals surface area contributed by atoms with E-state index in [9.17, 15) is 4.79 Å². The van der Waals surface area contributed by atoms with Crippen LogP contribution < -0.4 is 10.6 Å². The molecule has 0 bridgehead atoms. The van der Waals surface area contributed by atoms with E-state index < -0.39 is 0 Å². The van der Waals surface area contributed by atoms with Gasteiger partial charge in [0.05, 0.1) is 0 Å². The quantitative estimate of drug-likeness (QED) is 0.660. The van der Waals surface area contributed by atoms with Gasteiger partial charge in [0, 0.05) is 12.2 Å². The fourth-order valence-electron chi connectivity index (χ4n) is 0.852. The van der Waals surface area contributed by atoms with Crippen molar-refractivity contribution in [3.05, 3.63) is 12.3 Å². The first kappa shape index (κ1) is 9.10. The Balaban J connectivity index is 2.08. The van der Waals surface area contributed by atoms with Gasteiger partial charge in [0.25, 0.3) is 0 Å². The van der Waals surface area contributed by atoms with E-state index in [1.54, 1.807) is 6.20 Å². The number of hydrogen-bond donors (Lipinski definition) is 2. The molecule has 0 atom stereocenters. The summed E-state index contributed by atoms with van der Waals surface area (Å²) in [6.07, 6.45) is 6.31. The number of allylic oxidation sites excluding steroid dienone is 1. The average Bonchev–Trinajstić information content (AvgIpc) is 2.69. The fourth-order valence-corrected chi connectivity index (χ4v) is 0.852. The third kappa shape index (κ3) is 4.01. The van der Waals surface area contributed by atoms with Gasteiger partial charge < -0.3 is 10.6 Å². The number of amides is 2. The molecule has 2 amide bonds. The molecule has 1 aliphatic carbocycles. The monoisotopic (exact) mass is 168 g/mol. The van der Waals surface area contributed by atoms with Crippen molar-refractivity contribution >= 4 is 6.03 Å². The zero-order chi connectivity index (χ0) is 8.97. The molecule has 0 unspecified atom stereocenters. The van der Waals surface area contributed by atoms with Gasteiger partial charge in [-0.05, 0) is 32.6 Å². The summed E-state index contributed by atoms with van der Waals surface area (Å²) in [5.74, 6) is 0.712. The zero-order valence-corrected chi connectivity index (χ0v) is 7.63. The molecular weight excluding hydrogens is 152 g/mol. The normalized spacial score (nSPS) is 16.9. The van der Waals surface area contributed by atoms with Crippen molar-refractivity contribution in [3.8, 4) is 0 Å². The van der Waals surface area contributed by atoms with Crippen LogP contribution in [0.1, 0.15) is 26.7 Å². The van der Waals surface area contributed by atoms with E-state index >= 15 is 0 Å². The van der Waals surface area contributed by atoms with Crippen LogP contribution in [-0.4, -0.2) is 12.1 Å². The summed E-state index contributed by atoms with van der Waals surface area (Å²) in [6, 6.07) is 0.0706. The van der Waals surface area contributed by atoms with E-state index in [1.807, 2.05) is 19.9 Å². The lowest BCUT2D eigenvalue weighted by molar-refractivity contribution is 0.242. The van der Waals surface area contributed by atoms with E-state index in [0.717, 1.165) is 0 Å². The van der Waals surface area contributed by atoms with Crippen LogP contribution in [0.3, 0.4) is 0 Å². The lowest BCUT2D eigenvalue weighted by Crippen LogP contribution is -2.36. The molecule has 68 valence electrons. The number of urea groups is 1. The highest BCUT2D eigenvalue weighted by molar-refractivity contribution is 5.75. The van der Waals surface area contributed by atoms with Gasteiger partial charge in [0.15, 0.2) is 0 Å². The molecule has 0 spiro atoms. The molecular formula is C9H16N2O. The molecule has 0 aromatic heterocycles. The number of carbonyl (C=O) groups excluding carboxylic acids is 1. The highest BCUT2D eigenvalue weighted by Gasteiger charge is 2.16. The molecule has 1 fully saturated rings. The molecule has 12 heavy (non-hydrogen) atoms. The second-order valence-corrected chi connectivity index (χ2v) is 3.47. The Kier molecular flexibility index (Phi) is 3.14. The Hall–Kier alpha value is -0.990. The maximum Gasteiger partial charge on any atom is 0.318 e. The molecule has 0 radical (unpaired) electrons. The van der Waals surface area contributed by atoms with Crippen LogP contribution in [0.2, 0.25) is 0 Å². The Bertz CT molecular complexity index is 183. The summed E-state index contributed by atoms with van der Waals surface area (Å²) in [5.41, 5.74) is 0. The van der Waals surface area contributed by atoms with Gasteiger partial charge in [-0.25, -0.2) is 4.79 Å². The molecule has 1 aliphatic rings. The number of nitrogens with one attached hydrogen (secondary N) is 2. The first-order chi connectivity index (χ1) is 5.68. The Morgan fingerprint density at radius 2 is 2.17 bits per heavy atom. The van der Waals surface area contributed by atoms with Crippen molar-refractivity contribution in [2.24, 2.45) is 5.92 Å². The smallest absolute Gasteiger partial charge is 0.318 e. The van der Waals surface area contributed by atoms with Crippen LogP contribution in [0.5, 0.6) is 0 Å². The summed E-state index contributed by atoms with van der Waals surface area (Å²) in [5, 5.41) is 5.39. The highest BCUT2D eigenvalue weighted by Crippen LogP contribution is 2.29. The van der Waals surface area contributed by atoms with Gasteiger partial charge in [0.2, 0.25) is 0 Å². The summed E-state index contributed by atoms with van der Waals surface area (Å²) in [4.78, 5) is 11.0. The van der Waals surface area contributed by atoms with Crippen LogP contribution in [0.4, 0.5) is 4.79 Å². The fraction of sp³-hybridized carbons (Fsp3) is 0.667. The number of carbonyl (C=O) groups is 1. The topological polar surface area (TPSA) is 41.1 Å². The predicted molar refractivity (Wildman–Crippen MR) is 48.7 cm³/mol. The highest BCUT2D eigenvalue weighted by atomic mass is 16.2. The molecule has 1 saturated carbocycles. The molecule has 0 heterocycles. The molecule has 2 N–H and O–H groups in total. The van der Waals surface area contributed by atoms with Crippen molar-refractivity contribution in [2.75, 3.05) is 0 Å². The van der Waals surface area contributed by atoms with Crippen LogP contribution >= 0.6 is 0 Å². The summed E-state index contributed by atoms with van der Waals surface area (Å²) in [7, 11) is 0. The average molecular weight is 168 g/mol. The van der Waals surface area contributed by atoms with Gasteiger partial charge in [-0.15, -0.1) is 0 Å². The minimum atomic E-state index is -0.123. The second-order valence-electron chi connectivity index (χ2n) is 3.47. The summed E-state index contributed by atoms with van der Waals surface area (Å²) < 4.78 is 0. The molecule has 3 nitrogen and oxygen atoms in total. The van der Waals surface area contributed by atoms with Gasteiger partial charge in [-0.2, -0.15) is 0 Å². The standard InChI is InChI=1S/C9H16N2O/c1-7(2)11-9(12)10-6-5-8-3-4-8/h5-8H,3-4H2,1-2H3,(H2,10,11,12)/b6-5+. The van der Waals surface area contributed by atoms with E-state index in [1.165, 1.54) is 12.8 Å². The van der Waals surface area contributed by atoms with Gasteiger partial charge in [0.1, 0.15) is 0 Å². The summed E-state index contributed by atoms with van der Waals surface area (Å²) in [6.45, 7) is 3.87. The zero-order valence-electron chi connectivity index (χ0n) is 7.63. The SMILES string of the molecule is CC(C)NC(=O)N/C=C/C1CC1. The van der Waals surface area contributed by atoms with Gasteiger partial charge in [-0.1, -0.05) is 6.08 Å². The summed E-state index contributed by atoms with van der Waals surface area (Å²) >= 11 is 0. The Labute approximate surface area is 73.2 Å². The van der Waals surface area contributed by atoms with Crippen molar-refractivity contribution in [2.45, 2.75) is 32.7 Å². The molecule has 0 aromatic carbocycles. The molecule has 0 aliphatic heterocycles. The number of hydrogen-bond acceptors (Lipinski definition) is 1. The first-order valence-corrected chi connectivity index (χ1v) is 4.42. The number of rotatable bonds is 3. The van der Waals surface area contributed by atoms with Crippen molar-refractivity contribution in [1.29, 1.82) is 0 Å². The third-order valence-electron chi connectivity index (χ3n) is 1.62. The predicted octanol–water partition coefficient (Wildman–Crippen LogP) is 1.62. The van der Waals surface area contributed by atoms with E-state index in [-0.39, 0.29) is 12.1 Å². The minimum absolute atomic E-state index is 0.123. The lowest BCUT2D eigenvalue weighted by atomic mass is 10.4. The molecule has 0 saturated heterocycles. The Morgan fingerprint density at radius 1 is 1.50 bits per heavy atom. The van der Waals surface area contributed by atoms with Crippen molar-refractivity contribution < 1.29 is 4.79 Å². The molecule has 1 rings (SSSR count). The van der Waals surface area contributed by atoms with Crippen LogP contribution in [-0.2, 0) is 0 Å². The van der Waals surface area contributed by atoms with Crippen molar-refractivity contribution in [3.63, 3.8) is 0 Å². The van der Waals surface area contributed by atoms with Gasteiger partial charge >= 0.3 is 6.03 Å². The lowest BCUT2D eigenvalue weighted by Gasteiger charge is -2.06. The van der Waals surface area contributed by atoms with Crippen LogP contribution in [0.25, 0.3) is 0 Å². The van der Waals surface area contributed by atoms with Crippen LogP contribution in [0.15, 0.2) is 12.3 Å². The maximum atomic E-state index is 11.0. The maximum absolute atomic E-state index is 11.0. The largest absolute Gasteiger partial charge is 0.336 e. The first-order valence-electron chi connectivity index (χ1n) is 4.42. The van der Waals surface area contributed by atoms with Crippen LogP contribution in [0, 0.1) is 5.92 Å². The van der Waals surface area contributed by atoms with Gasteiger partial charge in [-0.3, -0.25) is 0 Å². The van der Waals surface area contributed by atoms with E-state index in [4.69, 9.17) is 0 Å². The minimum Gasteiger partial charge on any atom is -0.336 e. The van der Waals surface area contributed by atoms with E-state index in [0.29, 0.717) is 5.92 Å². The van der Waals surface area contributed by atoms with Crippen molar-refractivity contribution in [1.82, 2.24) is 10.6 Å². The second kappa shape index (κ2) is 4.14. The third-order valence-corrected chi connectivity index (χ3v) is 1.62. The molecule has 0 aromatic rings.